The molecule has 0 amide bonds. The van der Waals surface area contributed by atoms with Crippen LogP contribution in [0.5, 0.6) is 5.75 Å². The molecule has 0 aromatic heterocycles. The zero-order valence-corrected chi connectivity index (χ0v) is 11.3. The molecule has 1 aromatic carbocycles. The molecule has 1 aromatic rings. The average Bonchev–Trinajstić information content (AvgIpc) is 2.30. The van der Waals surface area contributed by atoms with Crippen LogP contribution in [0.2, 0.25) is 0 Å². The number of rotatable bonds is 2. The van der Waals surface area contributed by atoms with Gasteiger partial charge in [0.1, 0.15) is 0 Å². The molecule has 1 heterocycles. The van der Waals surface area contributed by atoms with Gasteiger partial charge in [-0.15, -0.1) is 0 Å². The van der Waals surface area contributed by atoms with Gasteiger partial charge in [0.15, 0.2) is 0 Å². The molecule has 0 atom stereocenters. The summed E-state index contributed by atoms with van der Waals surface area (Å²) in [6.45, 7) is 1.96. The van der Waals surface area contributed by atoms with Crippen LogP contribution in [0, 0.1) is 0 Å². The van der Waals surface area contributed by atoms with Crippen LogP contribution in [0.15, 0.2) is 34.3 Å². The van der Waals surface area contributed by atoms with Gasteiger partial charge in [0, 0.05) is 0 Å². The first-order valence-electron chi connectivity index (χ1n) is 4.82. The van der Waals surface area contributed by atoms with E-state index in [1.54, 1.807) is 13.4 Å². The molecule has 0 saturated carbocycles. The van der Waals surface area contributed by atoms with E-state index in [9.17, 15) is 0 Å². The summed E-state index contributed by atoms with van der Waals surface area (Å²) < 4.78 is 14.1. The van der Waals surface area contributed by atoms with Gasteiger partial charge in [-0.25, -0.2) is 0 Å². The first-order valence-corrected chi connectivity index (χ1v) is 7.14. The number of para-hydroxylation sites is 1. The molecule has 0 saturated heterocycles. The quantitative estimate of drug-likeness (QED) is 0.591. The fourth-order valence-electron chi connectivity index (χ4n) is 1.42. The molecule has 0 radical (unpaired) electrons. The fraction of sp³-hybridized carbons (Fsp3) is 0.167. The Hall–Kier alpha value is -1.17. The van der Waals surface area contributed by atoms with Crippen molar-refractivity contribution >= 4 is 9.27 Å². The van der Waals surface area contributed by atoms with Crippen molar-refractivity contribution in [2.75, 3.05) is 12.8 Å². The molecule has 86 valence electrons. The Balaban J connectivity index is 2.38. The third kappa shape index (κ3) is 2.16. The molecule has 0 fully saturated rings. The van der Waals surface area contributed by atoms with Gasteiger partial charge in [0.05, 0.1) is 0 Å². The minimum atomic E-state index is -0.167. The number of nitrogen functional groups attached to an aromatic ring is 1. The van der Waals surface area contributed by atoms with Gasteiger partial charge < -0.3 is 0 Å². The number of halogens is 1. The van der Waals surface area contributed by atoms with Gasteiger partial charge in [0.25, 0.3) is 0 Å². The predicted molar refractivity (Wildman–Crippen MR) is 60.2 cm³/mol. The molecule has 4 heteroatoms. The molecule has 1 aliphatic rings. The monoisotopic (exact) mass is 330 g/mol. The molecule has 16 heavy (non-hydrogen) atoms. The second kappa shape index (κ2) is 4.78. The van der Waals surface area contributed by atoms with Crippen LogP contribution >= 0.6 is 0 Å². The molecule has 2 N–H and O–H groups in total. The standard InChI is InChI=1S/C12H13INO2/c1-8-6-13-10(7-16-8)9-4-3-5-11(14)12(9)15-2/h3-7H,14H2,1-2H3/q-1. The molecule has 2 rings (SSSR count). The van der Waals surface area contributed by atoms with Crippen LogP contribution in [0.3, 0.4) is 0 Å². The number of anilines is 1. The van der Waals surface area contributed by atoms with Gasteiger partial charge >= 0.3 is 105 Å². The van der Waals surface area contributed by atoms with Gasteiger partial charge in [-0.3, -0.25) is 0 Å². The molecule has 0 unspecified atom stereocenters. The Morgan fingerprint density at radius 2 is 2.19 bits per heavy atom. The van der Waals surface area contributed by atoms with Crippen LogP contribution < -0.4 is 31.7 Å². The first kappa shape index (κ1) is 11.3. The third-order valence-electron chi connectivity index (χ3n) is 2.18. The van der Waals surface area contributed by atoms with E-state index in [2.05, 4.69) is 4.08 Å². The van der Waals surface area contributed by atoms with Crippen molar-refractivity contribution in [2.24, 2.45) is 0 Å². The number of methoxy groups -OCH3 is 1. The molecule has 0 spiro atoms. The third-order valence-corrected chi connectivity index (χ3v) is 4.88. The number of nitrogens with two attached hydrogens (primary N) is 1. The molecule has 0 bridgehead atoms. The Morgan fingerprint density at radius 3 is 2.81 bits per heavy atom. The number of hydrogen-bond donors (Lipinski definition) is 1. The van der Waals surface area contributed by atoms with Crippen molar-refractivity contribution in [1.29, 1.82) is 0 Å². The molecular formula is C12H13INO2-. The van der Waals surface area contributed by atoms with Crippen molar-refractivity contribution in [3.63, 3.8) is 0 Å². The van der Waals surface area contributed by atoms with Crippen LogP contribution in [0.25, 0.3) is 3.58 Å². The molecule has 3 nitrogen and oxygen atoms in total. The molecular weight excluding hydrogens is 317 g/mol. The Kier molecular flexibility index (Phi) is 3.38. The molecule has 0 aliphatic carbocycles. The van der Waals surface area contributed by atoms with E-state index >= 15 is 0 Å². The van der Waals surface area contributed by atoms with Gasteiger partial charge in [-0.05, 0) is 0 Å². The van der Waals surface area contributed by atoms with E-state index in [0.717, 1.165) is 17.1 Å². The van der Waals surface area contributed by atoms with E-state index in [-0.39, 0.29) is 21.2 Å². The first-order chi connectivity index (χ1) is 7.72. The zero-order valence-electron chi connectivity index (χ0n) is 9.16. The second-order valence-corrected chi connectivity index (χ2v) is 5.75. The Labute approximate surface area is 105 Å². The zero-order chi connectivity index (χ0) is 11.5. The maximum absolute atomic E-state index is 5.87. The average molecular weight is 330 g/mol. The summed E-state index contributed by atoms with van der Waals surface area (Å²) in [5, 5.41) is 0. The fourth-order valence-corrected chi connectivity index (χ4v) is 3.38. The van der Waals surface area contributed by atoms with Crippen molar-refractivity contribution in [1.82, 2.24) is 0 Å². The van der Waals surface area contributed by atoms with E-state index in [4.69, 9.17) is 15.2 Å². The number of benzene rings is 1. The molecule has 1 aliphatic heterocycles. The van der Waals surface area contributed by atoms with Gasteiger partial charge in [-0.1, -0.05) is 0 Å². The van der Waals surface area contributed by atoms with Gasteiger partial charge in [-0.2, -0.15) is 0 Å². The van der Waals surface area contributed by atoms with Crippen molar-refractivity contribution in [3.05, 3.63) is 39.9 Å². The van der Waals surface area contributed by atoms with Crippen molar-refractivity contribution in [3.8, 4) is 5.75 Å². The topological polar surface area (TPSA) is 44.5 Å². The van der Waals surface area contributed by atoms with Crippen molar-refractivity contribution in [2.45, 2.75) is 6.92 Å². The van der Waals surface area contributed by atoms with E-state index in [1.165, 1.54) is 3.58 Å². The van der Waals surface area contributed by atoms with Crippen molar-refractivity contribution < 1.29 is 30.7 Å². The van der Waals surface area contributed by atoms with E-state index in [1.807, 2.05) is 25.1 Å². The van der Waals surface area contributed by atoms with Gasteiger partial charge in [0.2, 0.25) is 0 Å². The summed E-state index contributed by atoms with van der Waals surface area (Å²) in [7, 11) is 1.64. The second-order valence-electron chi connectivity index (χ2n) is 3.34. The Morgan fingerprint density at radius 1 is 1.38 bits per heavy atom. The predicted octanol–water partition coefficient (Wildman–Crippen LogP) is -0.444. The summed E-state index contributed by atoms with van der Waals surface area (Å²) in [6.07, 6.45) is 1.81. The van der Waals surface area contributed by atoms with Crippen LogP contribution in [-0.4, -0.2) is 7.11 Å². The van der Waals surface area contributed by atoms with Crippen LogP contribution in [0.1, 0.15) is 12.5 Å². The minimum absolute atomic E-state index is 0.167. The normalized spacial score (nSPS) is 15.4. The number of allylic oxidation sites excluding steroid dienone is 1. The Bertz CT molecular complexity index is 466. The number of hydrogen-bond acceptors (Lipinski definition) is 3. The van der Waals surface area contributed by atoms with Crippen LogP contribution in [0.4, 0.5) is 5.69 Å². The van der Waals surface area contributed by atoms with Crippen LogP contribution in [-0.2, 0) is 4.74 Å². The van der Waals surface area contributed by atoms with E-state index in [0.29, 0.717) is 5.69 Å². The number of ether oxygens (including phenoxy) is 2. The summed E-state index contributed by atoms with van der Waals surface area (Å²) in [5.41, 5.74) is 7.57. The maximum atomic E-state index is 5.87. The van der Waals surface area contributed by atoms with E-state index < -0.39 is 0 Å². The SMILES string of the molecule is COc1c(N)cccc1C1=COC(C)=C[I-]1. The summed E-state index contributed by atoms with van der Waals surface area (Å²) in [6, 6.07) is 5.79. The summed E-state index contributed by atoms with van der Waals surface area (Å²) >= 11 is -0.167. The summed E-state index contributed by atoms with van der Waals surface area (Å²) in [5.74, 6) is 1.71. The summed E-state index contributed by atoms with van der Waals surface area (Å²) in [4.78, 5) is 0.